The third-order valence-corrected chi connectivity index (χ3v) is 6.03. The van der Waals surface area contributed by atoms with Crippen molar-refractivity contribution >= 4 is 17.5 Å². The molecule has 2 aromatic rings. The van der Waals surface area contributed by atoms with E-state index in [1.807, 2.05) is 0 Å². The van der Waals surface area contributed by atoms with Gasteiger partial charge in [0.2, 0.25) is 11.8 Å². The maximum atomic E-state index is 15.0. The predicted octanol–water partition coefficient (Wildman–Crippen LogP) is 4.75. The molecule has 2 aromatic carbocycles. The van der Waals surface area contributed by atoms with Crippen LogP contribution < -0.4 is 16.0 Å². The van der Waals surface area contributed by atoms with Gasteiger partial charge >= 0.3 is 6.18 Å². The predicted molar refractivity (Wildman–Crippen MR) is 128 cm³/mol. The van der Waals surface area contributed by atoms with Crippen LogP contribution in [0.15, 0.2) is 42.5 Å². The Morgan fingerprint density at radius 2 is 1.75 bits per heavy atom. The summed E-state index contributed by atoms with van der Waals surface area (Å²) in [4.78, 5) is 25.6. The second-order valence-corrected chi connectivity index (χ2v) is 9.48. The Labute approximate surface area is 207 Å². The van der Waals surface area contributed by atoms with Crippen LogP contribution in [0, 0.1) is 5.82 Å². The lowest BCUT2D eigenvalue weighted by molar-refractivity contribution is -0.134. The quantitative estimate of drug-likeness (QED) is 0.382. The number of nitrogens with one attached hydrogen (secondary N) is 3. The van der Waals surface area contributed by atoms with Crippen LogP contribution in [0.25, 0.3) is 0 Å². The number of carbonyl (C=O) groups excluding carboxylic acids is 2. The smallest absolute Gasteiger partial charge is 0.380 e. The summed E-state index contributed by atoms with van der Waals surface area (Å²) in [6.45, 7) is 3.11. The summed E-state index contributed by atoms with van der Waals surface area (Å²) < 4.78 is 58.1. The third-order valence-electron chi connectivity index (χ3n) is 6.03. The van der Waals surface area contributed by atoms with Crippen LogP contribution in [-0.4, -0.2) is 37.7 Å². The van der Waals surface area contributed by atoms with Crippen LogP contribution in [0.1, 0.15) is 55.8 Å². The van der Waals surface area contributed by atoms with Crippen molar-refractivity contribution in [3.8, 4) is 0 Å². The van der Waals surface area contributed by atoms with Gasteiger partial charge in [0.25, 0.3) is 0 Å². The van der Waals surface area contributed by atoms with E-state index in [4.69, 9.17) is 4.74 Å². The molecule has 1 saturated carbocycles. The number of halogens is 4. The Morgan fingerprint density at radius 1 is 1.08 bits per heavy atom. The van der Waals surface area contributed by atoms with Crippen molar-refractivity contribution in [1.82, 2.24) is 10.6 Å². The van der Waals surface area contributed by atoms with Gasteiger partial charge in [-0.25, -0.2) is 4.39 Å². The summed E-state index contributed by atoms with van der Waals surface area (Å²) in [5.41, 5.74) is 0.456. The number of alkyl halides is 3. The fourth-order valence-corrected chi connectivity index (χ4v) is 3.72. The van der Waals surface area contributed by atoms with Crippen molar-refractivity contribution < 1.29 is 31.9 Å². The maximum Gasteiger partial charge on any atom is 0.390 e. The summed E-state index contributed by atoms with van der Waals surface area (Å²) in [6.07, 6.45) is -3.68. The number of carbonyl (C=O) groups is 2. The van der Waals surface area contributed by atoms with Gasteiger partial charge in [-0.05, 0) is 49.9 Å². The second-order valence-electron chi connectivity index (χ2n) is 9.48. The van der Waals surface area contributed by atoms with Gasteiger partial charge < -0.3 is 20.7 Å². The molecule has 1 aliphatic carbocycles. The average Bonchev–Trinajstić information content (AvgIpc) is 3.61. The van der Waals surface area contributed by atoms with E-state index in [-0.39, 0.29) is 23.2 Å². The van der Waals surface area contributed by atoms with E-state index < -0.39 is 42.3 Å². The lowest BCUT2D eigenvalue weighted by Crippen LogP contribution is -2.41. The zero-order chi connectivity index (χ0) is 26.5. The number of rotatable bonds is 11. The van der Waals surface area contributed by atoms with Crippen LogP contribution in [-0.2, 0) is 26.3 Å². The van der Waals surface area contributed by atoms with E-state index in [0.29, 0.717) is 12.2 Å². The molecule has 1 atom stereocenters. The lowest BCUT2D eigenvalue weighted by atomic mass is 9.83. The minimum absolute atomic E-state index is 0.123. The first-order valence-electron chi connectivity index (χ1n) is 11.7. The van der Waals surface area contributed by atoms with Crippen molar-refractivity contribution in [1.29, 1.82) is 0 Å². The highest BCUT2D eigenvalue weighted by Gasteiger charge is 2.36. The molecule has 0 radical (unpaired) electrons. The Hall–Kier alpha value is -2.98. The van der Waals surface area contributed by atoms with Crippen LogP contribution in [0.3, 0.4) is 0 Å². The van der Waals surface area contributed by atoms with E-state index in [9.17, 15) is 22.8 Å². The monoisotopic (exact) mass is 509 g/mol. The Bertz CT molecular complexity index is 1070. The van der Waals surface area contributed by atoms with Crippen molar-refractivity contribution in [2.75, 3.05) is 19.0 Å². The summed E-state index contributed by atoms with van der Waals surface area (Å²) in [5.74, 6) is -1.60. The number of amides is 2. The van der Waals surface area contributed by atoms with Gasteiger partial charge in [0.05, 0.1) is 18.4 Å². The van der Waals surface area contributed by atoms with Crippen molar-refractivity contribution in [2.24, 2.45) is 0 Å². The number of hydrogen-bond acceptors (Lipinski definition) is 4. The van der Waals surface area contributed by atoms with Crippen molar-refractivity contribution in [2.45, 2.75) is 63.4 Å². The molecule has 0 bridgehead atoms. The van der Waals surface area contributed by atoms with Gasteiger partial charge in [0, 0.05) is 30.9 Å². The Kier molecular flexibility index (Phi) is 8.73. The van der Waals surface area contributed by atoms with Crippen molar-refractivity contribution in [3.05, 3.63) is 65.0 Å². The highest BCUT2D eigenvalue weighted by atomic mass is 19.4. The first kappa shape index (κ1) is 27.6. The van der Waals surface area contributed by atoms with Gasteiger partial charge in [0.15, 0.2) is 0 Å². The molecule has 0 aromatic heterocycles. The summed E-state index contributed by atoms with van der Waals surface area (Å²) >= 11 is 0. The van der Waals surface area contributed by atoms with Crippen molar-refractivity contribution in [3.63, 3.8) is 0 Å². The molecule has 0 heterocycles. The number of benzene rings is 2. The van der Waals surface area contributed by atoms with E-state index in [1.54, 1.807) is 38.1 Å². The fraction of sp³-hybridized carbons (Fsp3) is 0.462. The Morgan fingerprint density at radius 3 is 2.31 bits per heavy atom. The third kappa shape index (κ3) is 7.51. The van der Waals surface area contributed by atoms with Gasteiger partial charge in [-0.1, -0.05) is 30.3 Å². The highest BCUT2D eigenvalue weighted by Crippen LogP contribution is 2.30. The van der Waals surface area contributed by atoms with E-state index in [2.05, 4.69) is 16.0 Å². The highest BCUT2D eigenvalue weighted by molar-refractivity contribution is 5.95. The molecule has 10 heteroatoms. The molecule has 6 nitrogen and oxygen atoms in total. The van der Waals surface area contributed by atoms with E-state index in [0.717, 1.165) is 24.5 Å². The van der Waals surface area contributed by atoms with Crippen LogP contribution in [0.5, 0.6) is 0 Å². The average molecular weight is 510 g/mol. The maximum absolute atomic E-state index is 15.0. The number of hydrogen-bond donors (Lipinski definition) is 3. The zero-order valence-electron chi connectivity index (χ0n) is 20.5. The molecular weight excluding hydrogens is 478 g/mol. The minimum atomic E-state index is -4.38. The van der Waals surface area contributed by atoms with Crippen LogP contribution in [0.4, 0.5) is 23.2 Å². The fourth-order valence-electron chi connectivity index (χ4n) is 3.72. The molecule has 0 aliphatic heterocycles. The molecule has 36 heavy (non-hydrogen) atoms. The molecule has 3 rings (SSSR count). The SMILES string of the molecule is COCc1ccc(C(NCCC(F)(F)F)C(=O)Nc2ccc(C(C)(C)C(=O)NC3CC3)c(F)c2)cc1. The number of anilines is 1. The largest absolute Gasteiger partial charge is 0.390 e. The zero-order valence-corrected chi connectivity index (χ0v) is 20.5. The topological polar surface area (TPSA) is 79.5 Å². The van der Waals surface area contributed by atoms with E-state index >= 15 is 4.39 Å². The molecule has 3 N–H and O–H groups in total. The minimum Gasteiger partial charge on any atom is -0.380 e. The number of ether oxygens (including phenoxy) is 1. The molecule has 0 spiro atoms. The van der Waals surface area contributed by atoms with Gasteiger partial charge in [0.1, 0.15) is 11.9 Å². The normalized spacial score (nSPS) is 14.9. The molecular formula is C26H31F4N3O3. The van der Waals surface area contributed by atoms with Gasteiger partial charge in [-0.3, -0.25) is 9.59 Å². The molecule has 0 saturated heterocycles. The lowest BCUT2D eigenvalue weighted by Gasteiger charge is -2.25. The Balaban J connectivity index is 1.76. The first-order chi connectivity index (χ1) is 16.9. The summed E-state index contributed by atoms with van der Waals surface area (Å²) in [5, 5.41) is 8.08. The van der Waals surface area contributed by atoms with Gasteiger partial charge in [-0.2, -0.15) is 13.2 Å². The first-order valence-corrected chi connectivity index (χ1v) is 11.7. The van der Waals surface area contributed by atoms with Crippen LogP contribution >= 0.6 is 0 Å². The number of methoxy groups -OCH3 is 1. The van der Waals surface area contributed by atoms with Gasteiger partial charge in [-0.15, -0.1) is 0 Å². The second kappa shape index (κ2) is 11.4. The molecule has 1 aliphatic rings. The molecule has 1 fully saturated rings. The van der Waals surface area contributed by atoms with Crippen LogP contribution in [0.2, 0.25) is 0 Å². The van der Waals surface area contributed by atoms with E-state index in [1.165, 1.54) is 19.2 Å². The summed E-state index contributed by atoms with van der Waals surface area (Å²) in [7, 11) is 1.54. The molecule has 196 valence electrons. The summed E-state index contributed by atoms with van der Waals surface area (Å²) in [6, 6.07) is 9.72. The standard InChI is InChI=1S/C26H31F4N3O3/c1-25(2,24(35)33-18-8-9-18)20-11-10-19(14-21(20)27)32-23(34)22(31-13-12-26(28,29)30)17-6-4-16(5-7-17)15-36-3/h4-7,10-11,14,18,22,31H,8-9,12-13,15H2,1-3H3,(H,32,34)(H,33,35). The molecule has 2 amide bonds. The molecule has 1 unspecified atom stereocenters.